The van der Waals surface area contributed by atoms with E-state index in [1.807, 2.05) is 26.8 Å². The van der Waals surface area contributed by atoms with Gasteiger partial charge in [0.25, 0.3) is 0 Å². The summed E-state index contributed by atoms with van der Waals surface area (Å²) in [6, 6.07) is 1.92. The molecule has 1 atom stereocenters. The second kappa shape index (κ2) is 8.08. The first kappa shape index (κ1) is 19.6. The van der Waals surface area contributed by atoms with Gasteiger partial charge in [0.05, 0.1) is 9.26 Å². The van der Waals surface area contributed by atoms with Gasteiger partial charge in [0, 0.05) is 32.9 Å². The van der Waals surface area contributed by atoms with Crippen molar-refractivity contribution < 1.29 is 9.53 Å². The molecule has 0 N–H and O–H groups in total. The van der Waals surface area contributed by atoms with E-state index in [1.54, 1.807) is 18.1 Å². The lowest BCUT2D eigenvalue weighted by Crippen LogP contribution is -2.43. The van der Waals surface area contributed by atoms with Gasteiger partial charge in [-0.05, 0) is 68.2 Å². The van der Waals surface area contributed by atoms with Gasteiger partial charge in [0.1, 0.15) is 10.8 Å². The van der Waals surface area contributed by atoms with Crippen molar-refractivity contribution in [1.29, 1.82) is 0 Å². The number of anilines is 1. The Morgan fingerprint density at radius 2 is 2.25 bits per heavy atom. The summed E-state index contributed by atoms with van der Waals surface area (Å²) < 4.78 is 6.53. The molecule has 1 aromatic heterocycles. The Balaban J connectivity index is 1.98. The number of hydrogen-bond acceptors (Lipinski definition) is 4. The number of carbonyl (C=O) groups excluding carboxylic acids is 1. The number of ether oxygens (including phenoxy) is 1. The molecule has 2 rings (SSSR count). The molecule has 0 radical (unpaired) electrons. The zero-order valence-electron chi connectivity index (χ0n) is 14.7. The first-order valence-corrected chi connectivity index (χ1v) is 9.61. The van der Waals surface area contributed by atoms with Crippen molar-refractivity contribution in [3.63, 3.8) is 0 Å². The van der Waals surface area contributed by atoms with Crippen LogP contribution >= 0.6 is 34.2 Å². The molecule has 0 saturated carbocycles. The zero-order chi connectivity index (χ0) is 17.9. The quantitative estimate of drug-likeness (QED) is 0.490. The summed E-state index contributed by atoms with van der Waals surface area (Å²) in [6.45, 7) is 8.26. The molecule has 1 amide bonds. The molecule has 7 heteroatoms. The number of aromatic nitrogens is 1. The summed E-state index contributed by atoms with van der Waals surface area (Å²) >= 11 is 8.34. The molecule has 134 valence electrons. The molecule has 1 saturated heterocycles. The number of hydrogen-bond donors (Lipinski definition) is 0. The van der Waals surface area contributed by atoms with Crippen LogP contribution in [0.4, 0.5) is 10.5 Å². The number of nitrogens with zero attached hydrogens (tertiary/aromatic N) is 3. The number of rotatable bonds is 3. The van der Waals surface area contributed by atoms with E-state index in [4.69, 9.17) is 16.3 Å². The van der Waals surface area contributed by atoms with Gasteiger partial charge in [0.15, 0.2) is 0 Å². The fraction of sp³-hybridized carbons (Fsp3) is 0.647. The minimum Gasteiger partial charge on any atom is -0.444 e. The average Bonchev–Trinajstić information content (AvgIpc) is 2.48. The van der Waals surface area contributed by atoms with Gasteiger partial charge in [-0.15, -0.1) is 0 Å². The van der Waals surface area contributed by atoms with Crippen LogP contribution in [-0.4, -0.2) is 48.3 Å². The summed E-state index contributed by atoms with van der Waals surface area (Å²) in [7, 11) is 1.81. The Morgan fingerprint density at radius 1 is 1.54 bits per heavy atom. The van der Waals surface area contributed by atoms with Crippen molar-refractivity contribution in [3.05, 3.63) is 21.0 Å². The lowest BCUT2D eigenvalue weighted by atomic mass is 9.97. The van der Waals surface area contributed by atoms with Gasteiger partial charge in [-0.2, -0.15) is 0 Å². The zero-order valence-corrected chi connectivity index (χ0v) is 17.6. The first-order valence-electron chi connectivity index (χ1n) is 8.16. The van der Waals surface area contributed by atoms with Gasteiger partial charge in [0.2, 0.25) is 0 Å². The third kappa shape index (κ3) is 5.65. The van der Waals surface area contributed by atoms with Crippen molar-refractivity contribution >= 4 is 46.0 Å². The van der Waals surface area contributed by atoms with Gasteiger partial charge in [-0.1, -0.05) is 11.6 Å². The van der Waals surface area contributed by atoms with E-state index in [0.717, 1.165) is 35.2 Å². The highest BCUT2D eigenvalue weighted by molar-refractivity contribution is 14.1. The maximum Gasteiger partial charge on any atom is 0.410 e. The number of piperidine rings is 1. The molecule has 0 aliphatic carbocycles. The van der Waals surface area contributed by atoms with Crippen LogP contribution in [0.15, 0.2) is 12.3 Å². The summed E-state index contributed by atoms with van der Waals surface area (Å²) in [5.41, 5.74) is 0.661. The van der Waals surface area contributed by atoms with Crippen LogP contribution in [0.25, 0.3) is 0 Å². The van der Waals surface area contributed by atoms with Crippen molar-refractivity contribution in [1.82, 2.24) is 9.88 Å². The molecular weight excluding hydrogens is 441 g/mol. The number of carbonyl (C=O) groups is 1. The van der Waals surface area contributed by atoms with Crippen LogP contribution < -0.4 is 4.90 Å². The minimum atomic E-state index is -0.464. The normalized spacial score (nSPS) is 18.4. The molecule has 24 heavy (non-hydrogen) atoms. The van der Waals surface area contributed by atoms with E-state index in [9.17, 15) is 4.79 Å². The predicted octanol–water partition coefficient (Wildman–Crippen LogP) is 4.42. The predicted molar refractivity (Wildman–Crippen MR) is 106 cm³/mol. The Hall–Kier alpha value is -0.760. The second-order valence-corrected chi connectivity index (χ2v) is 8.82. The molecule has 1 fully saturated rings. The monoisotopic (exact) mass is 465 g/mol. The van der Waals surface area contributed by atoms with Crippen molar-refractivity contribution in [2.24, 2.45) is 5.92 Å². The maximum atomic E-state index is 12.1. The Morgan fingerprint density at radius 3 is 2.92 bits per heavy atom. The van der Waals surface area contributed by atoms with Gasteiger partial charge >= 0.3 is 6.09 Å². The fourth-order valence-electron chi connectivity index (χ4n) is 2.88. The second-order valence-electron chi connectivity index (χ2n) is 7.27. The summed E-state index contributed by atoms with van der Waals surface area (Å²) in [6.07, 6.45) is 3.75. The number of halogens is 2. The lowest BCUT2D eigenvalue weighted by Gasteiger charge is -2.36. The summed E-state index contributed by atoms with van der Waals surface area (Å²) in [5.74, 6) is 0.416. The standard InChI is InChI=1S/C17H25ClIN3O2/c1-17(2,3)24-16(23)21(4)10-12-6-5-7-22(11-12)14-8-15(18)20-9-13(14)19/h8-9,12H,5-7,10-11H2,1-4H3/t12-/m1/s1. The molecule has 5 nitrogen and oxygen atoms in total. The van der Waals surface area contributed by atoms with Crippen LogP contribution in [0.2, 0.25) is 5.15 Å². The molecule has 0 spiro atoms. The third-order valence-electron chi connectivity index (χ3n) is 3.90. The third-order valence-corrected chi connectivity index (χ3v) is 4.94. The molecule has 2 heterocycles. The largest absolute Gasteiger partial charge is 0.444 e. The summed E-state index contributed by atoms with van der Waals surface area (Å²) in [5, 5.41) is 0.512. The molecule has 0 bridgehead atoms. The lowest BCUT2D eigenvalue weighted by molar-refractivity contribution is 0.0269. The highest BCUT2D eigenvalue weighted by atomic mass is 127. The summed E-state index contributed by atoms with van der Waals surface area (Å²) in [4.78, 5) is 20.3. The Bertz CT molecular complexity index is 592. The molecule has 0 unspecified atom stereocenters. The topological polar surface area (TPSA) is 45.7 Å². The maximum absolute atomic E-state index is 12.1. The Kier molecular flexibility index (Phi) is 6.59. The van der Waals surface area contributed by atoms with E-state index in [2.05, 4.69) is 32.5 Å². The van der Waals surface area contributed by atoms with Crippen LogP contribution in [0, 0.1) is 9.49 Å². The van der Waals surface area contributed by atoms with Crippen LogP contribution in [0.3, 0.4) is 0 Å². The van der Waals surface area contributed by atoms with E-state index >= 15 is 0 Å². The molecule has 1 aromatic rings. The van der Waals surface area contributed by atoms with Gasteiger partial charge in [-0.25, -0.2) is 9.78 Å². The van der Waals surface area contributed by atoms with Crippen LogP contribution in [0.5, 0.6) is 0 Å². The van der Waals surface area contributed by atoms with Gasteiger partial charge < -0.3 is 14.5 Å². The molecular formula is C17H25ClIN3O2. The number of pyridine rings is 1. The van der Waals surface area contributed by atoms with E-state index in [-0.39, 0.29) is 6.09 Å². The van der Waals surface area contributed by atoms with Crippen molar-refractivity contribution in [2.75, 3.05) is 31.6 Å². The van der Waals surface area contributed by atoms with Crippen molar-refractivity contribution in [3.8, 4) is 0 Å². The van der Waals surface area contributed by atoms with Gasteiger partial charge in [-0.3, -0.25) is 0 Å². The van der Waals surface area contributed by atoms with E-state index < -0.39 is 5.60 Å². The highest BCUT2D eigenvalue weighted by Gasteiger charge is 2.26. The van der Waals surface area contributed by atoms with E-state index in [1.165, 1.54) is 0 Å². The molecule has 0 aromatic carbocycles. The molecule has 1 aliphatic rings. The first-order chi connectivity index (χ1) is 11.2. The average molecular weight is 466 g/mol. The Labute approximate surface area is 162 Å². The molecule has 1 aliphatic heterocycles. The van der Waals surface area contributed by atoms with E-state index in [0.29, 0.717) is 17.6 Å². The fourth-order valence-corrected chi connectivity index (χ4v) is 3.67. The number of amides is 1. The minimum absolute atomic E-state index is 0.263. The SMILES string of the molecule is CN(C[C@H]1CCCN(c2cc(Cl)ncc2I)C1)C(=O)OC(C)(C)C. The highest BCUT2D eigenvalue weighted by Crippen LogP contribution is 2.29. The van der Waals surface area contributed by atoms with Crippen LogP contribution in [-0.2, 0) is 4.74 Å². The van der Waals surface area contributed by atoms with Crippen molar-refractivity contribution in [2.45, 2.75) is 39.2 Å². The smallest absolute Gasteiger partial charge is 0.410 e. The van der Waals surface area contributed by atoms with Crippen LogP contribution in [0.1, 0.15) is 33.6 Å².